The van der Waals surface area contributed by atoms with Crippen molar-refractivity contribution in [2.24, 2.45) is 7.05 Å². The summed E-state index contributed by atoms with van der Waals surface area (Å²) >= 11 is 2.91. The Morgan fingerprint density at radius 2 is 2.05 bits per heavy atom. The largest absolute Gasteiger partial charge is 0.417 e. The zero-order chi connectivity index (χ0) is 14.0. The smallest absolute Gasteiger partial charge is 0.379 e. The summed E-state index contributed by atoms with van der Waals surface area (Å²) in [6, 6.07) is 5.86. The number of rotatable bonds is 3. The van der Waals surface area contributed by atoms with Crippen molar-refractivity contribution >= 4 is 21.6 Å². The Balaban J connectivity index is 2.16. The first-order valence-electron chi connectivity index (χ1n) is 5.45. The summed E-state index contributed by atoms with van der Waals surface area (Å²) in [4.78, 5) is 0. The maximum atomic E-state index is 12.7. The second kappa shape index (κ2) is 5.24. The average molecular weight is 334 g/mol. The van der Waals surface area contributed by atoms with Gasteiger partial charge in [-0.2, -0.15) is 18.3 Å². The lowest BCUT2D eigenvalue weighted by Crippen LogP contribution is -2.09. The molecule has 0 saturated heterocycles. The number of benzene rings is 1. The minimum atomic E-state index is -4.37. The van der Waals surface area contributed by atoms with Crippen LogP contribution in [0.15, 0.2) is 34.9 Å². The highest BCUT2D eigenvalue weighted by Crippen LogP contribution is 2.36. The first-order chi connectivity index (χ1) is 8.88. The van der Waals surface area contributed by atoms with Gasteiger partial charge in [0.1, 0.15) is 0 Å². The molecule has 102 valence electrons. The molecule has 0 aliphatic heterocycles. The monoisotopic (exact) mass is 333 g/mol. The van der Waals surface area contributed by atoms with Crippen LogP contribution in [0.4, 0.5) is 18.9 Å². The summed E-state index contributed by atoms with van der Waals surface area (Å²) in [7, 11) is 1.78. The quantitative estimate of drug-likeness (QED) is 0.925. The molecule has 0 radical (unpaired) electrons. The molecule has 3 nitrogen and oxygen atoms in total. The van der Waals surface area contributed by atoms with E-state index in [-0.39, 0.29) is 4.47 Å². The lowest BCUT2D eigenvalue weighted by atomic mass is 10.2. The lowest BCUT2D eigenvalue weighted by molar-refractivity contribution is -0.138. The minimum Gasteiger partial charge on any atom is -0.379 e. The molecule has 0 fully saturated rings. The molecule has 7 heteroatoms. The van der Waals surface area contributed by atoms with Gasteiger partial charge in [-0.25, -0.2) is 0 Å². The van der Waals surface area contributed by atoms with Crippen molar-refractivity contribution in [2.45, 2.75) is 12.7 Å². The summed E-state index contributed by atoms with van der Waals surface area (Å²) in [6.45, 7) is 0.412. The molecule has 0 aliphatic carbocycles. The van der Waals surface area contributed by atoms with Gasteiger partial charge in [0.25, 0.3) is 0 Å². The Bertz CT molecular complexity index is 578. The molecular weight excluding hydrogens is 323 g/mol. The van der Waals surface area contributed by atoms with E-state index in [2.05, 4.69) is 26.3 Å². The van der Waals surface area contributed by atoms with Crippen LogP contribution in [-0.4, -0.2) is 9.78 Å². The SMILES string of the molecule is Cn1nccc1CNc1ccc(Br)c(C(F)(F)F)c1. The summed E-state index contributed by atoms with van der Waals surface area (Å²) in [5.74, 6) is 0. The molecule has 2 aromatic rings. The first kappa shape index (κ1) is 13.9. The molecule has 19 heavy (non-hydrogen) atoms. The van der Waals surface area contributed by atoms with E-state index in [0.29, 0.717) is 12.2 Å². The van der Waals surface area contributed by atoms with E-state index in [1.54, 1.807) is 30.1 Å². The zero-order valence-electron chi connectivity index (χ0n) is 10.0. The van der Waals surface area contributed by atoms with Gasteiger partial charge in [-0.3, -0.25) is 4.68 Å². The van der Waals surface area contributed by atoms with Crippen LogP contribution < -0.4 is 5.32 Å². The van der Waals surface area contributed by atoms with E-state index in [1.165, 1.54) is 6.07 Å². The Hall–Kier alpha value is -1.50. The number of hydrogen-bond acceptors (Lipinski definition) is 2. The van der Waals surface area contributed by atoms with Crippen LogP contribution in [0.2, 0.25) is 0 Å². The third kappa shape index (κ3) is 3.28. The average Bonchev–Trinajstić information content (AvgIpc) is 2.72. The van der Waals surface area contributed by atoms with E-state index in [9.17, 15) is 13.2 Å². The Morgan fingerprint density at radius 1 is 1.32 bits per heavy atom. The van der Waals surface area contributed by atoms with Gasteiger partial charge in [-0.15, -0.1) is 0 Å². The highest BCUT2D eigenvalue weighted by atomic mass is 79.9. The molecule has 0 unspecified atom stereocenters. The number of halogens is 4. The van der Waals surface area contributed by atoms with E-state index >= 15 is 0 Å². The number of aryl methyl sites for hydroxylation is 1. The van der Waals surface area contributed by atoms with E-state index in [4.69, 9.17) is 0 Å². The van der Waals surface area contributed by atoms with Crippen LogP contribution in [-0.2, 0) is 19.8 Å². The maximum absolute atomic E-state index is 12.7. The van der Waals surface area contributed by atoms with Crippen LogP contribution >= 0.6 is 15.9 Å². The van der Waals surface area contributed by atoms with Gasteiger partial charge in [-0.1, -0.05) is 15.9 Å². The molecule has 0 amide bonds. The summed E-state index contributed by atoms with van der Waals surface area (Å²) < 4.78 is 39.9. The van der Waals surface area contributed by atoms with Crippen molar-refractivity contribution in [3.8, 4) is 0 Å². The van der Waals surface area contributed by atoms with Crippen LogP contribution in [0, 0.1) is 0 Å². The predicted molar refractivity (Wildman–Crippen MR) is 69.7 cm³/mol. The van der Waals surface area contributed by atoms with Gasteiger partial charge in [0.05, 0.1) is 17.8 Å². The third-order valence-corrected chi connectivity index (χ3v) is 3.36. The molecule has 0 aliphatic rings. The molecule has 0 bridgehead atoms. The second-order valence-electron chi connectivity index (χ2n) is 3.99. The molecular formula is C12H11BrF3N3. The summed E-state index contributed by atoms with van der Waals surface area (Å²) in [5.41, 5.74) is 0.607. The number of hydrogen-bond donors (Lipinski definition) is 1. The zero-order valence-corrected chi connectivity index (χ0v) is 11.6. The Morgan fingerprint density at radius 3 is 2.63 bits per heavy atom. The molecule has 0 spiro atoms. The van der Waals surface area contributed by atoms with Crippen LogP contribution in [0.1, 0.15) is 11.3 Å². The third-order valence-electron chi connectivity index (χ3n) is 2.67. The predicted octanol–water partition coefficient (Wildman–Crippen LogP) is 3.81. The summed E-state index contributed by atoms with van der Waals surface area (Å²) in [6.07, 6.45) is -2.73. The fraction of sp³-hybridized carbons (Fsp3) is 0.250. The number of anilines is 1. The van der Waals surface area contributed by atoms with Gasteiger partial charge in [0, 0.05) is 23.4 Å². The number of aromatic nitrogens is 2. The van der Waals surface area contributed by atoms with Crippen LogP contribution in [0.25, 0.3) is 0 Å². The molecule has 2 rings (SSSR count). The highest BCUT2D eigenvalue weighted by Gasteiger charge is 2.33. The van der Waals surface area contributed by atoms with Crippen molar-refractivity contribution in [3.63, 3.8) is 0 Å². The fourth-order valence-corrected chi connectivity index (χ4v) is 2.09. The minimum absolute atomic E-state index is 0.0334. The highest BCUT2D eigenvalue weighted by molar-refractivity contribution is 9.10. The van der Waals surface area contributed by atoms with Crippen molar-refractivity contribution in [3.05, 3.63) is 46.2 Å². The van der Waals surface area contributed by atoms with Crippen molar-refractivity contribution in [1.29, 1.82) is 0 Å². The van der Waals surface area contributed by atoms with Gasteiger partial charge in [0.2, 0.25) is 0 Å². The Kier molecular flexibility index (Phi) is 3.84. The van der Waals surface area contributed by atoms with E-state index in [0.717, 1.165) is 11.8 Å². The van der Waals surface area contributed by atoms with Crippen molar-refractivity contribution in [2.75, 3.05) is 5.32 Å². The topological polar surface area (TPSA) is 29.9 Å². The van der Waals surface area contributed by atoms with Gasteiger partial charge < -0.3 is 5.32 Å². The van der Waals surface area contributed by atoms with Gasteiger partial charge >= 0.3 is 6.18 Å². The van der Waals surface area contributed by atoms with Crippen molar-refractivity contribution < 1.29 is 13.2 Å². The second-order valence-corrected chi connectivity index (χ2v) is 4.85. The standard InChI is InChI=1S/C12H11BrF3N3/c1-19-9(4-5-18-19)7-17-8-2-3-11(13)10(6-8)12(14,15)16/h2-6,17H,7H2,1H3. The fourth-order valence-electron chi connectivity index (χ4n) is 1.62. The number of nitrogens with one attached hydrogen (secondary N) is 1. The molecule has 0 saturated carbocycles. The van der Waals surface area contributed by atoms with Gasteiger partial charge in [-0.05, 0) is 24.3 Å². The lowest BCUT2D eigenvalue weighted by Gasteiger charge is -2.12. The molecule has 1 aromatic heterocycles. The molecule has 1 N–H and O–H groups in total. The van der Waals surface area contributed by atoms with E-state index in [1.807, 2.05) is 0 Å². The van der Waals surface area contributed by atoms with Crippen LogP contribution in [0.3, 0.4) is 0 Å². The maximum Gasteiger partial charge on any atom is 0.417 e. The number of alkyl halides is 3. The molecule has 1 aromatic carbocycles. The van der Waals surface area contributed by atoms with Gasteiger partial charge in [0.15, 0.2) is 0 Å². The van der Waals surface area contributed by atoms with Crippen LogP contribution in [0.5, 0.6) is 0 Å². The molecule has 1 heterocycles. The summed E-state index contributed by atoms with van der Waals surface area (Å²) in [5, 5.41) is 6.93. The molecule has 0 atom stereocenters. The first-order valence-corrected chi connectivity index (χ1v) is 6.25. The Labute approximate surface area is 116 Å². The van der Waals surface area contributed by atoms with Crippen molar-refractivity contribution in [1.82, 2.24) is 9.78 Å². The number of nitrogens with zero attached hydrogens (tertiary/aromatic N) is 2. The van der Waals surface area contributed by atoms with E-state index < -0.39 is 11.7 Å². The normalized spacial score (nSPS) is 11.6.